The molecule has 17 heteroatoms. The number of nitrogens with one attached hydrogen (secondary N) is 3. The van der Waals surface area contributed by atoms with E-state index in [-0.39, 0.29) is 47.3 Å². The molecule has 3 fully saturated rings. The molecule has 3 saturated heterocycles. The SMILES string of the molecule is CC(=O)N1CCC(NC2CCN(CC3CCN(CC#Cc4cccc5c4C(=O)N(C4CCC(=O)NC4=O)C5=O)CC3)CC2)=C(C(=N)N2CCCc3cc(-c4cnn(C)c4)c(C(F)F)cc32)C1. The zero-order chi connectivity index (χ0) is 46.2. The summed E-state index contributed by atoms with van der Waals surface area (Å²) >= 11 is 0. The predicted octanol–water partition coefficient (Wildman–Crippen LogP) is 4.48. The van der Waals surface area contributed by atoms with Crippen LogP contribution in [0.4, 0.5) is 14.5 Å². The van der Waals surface area contributed by atoms with Crippen LogP contribution in [0.25, 0.3) is 11.1 Å². The number of amides is 5. The van der Waals surface area contributed by atoms with E-state index in [4.69, 9.17) is 0 Å². The number of anilines is 1. The number of rotatable bonds is 9. The standard InChI is InChI=1S/C49H56F2N10O5/c1-30(62)59-23-16-40(39(29-59)46(52)60-18-5-8-33-24-37(34-26-53-56(2)28-34)38(45(50)51)25-42(33)60)54-35-14-21-58(22-15-35)27-31-12-19-57(20-13-31)17-4-7-32-6-3-9-36-44(32)49(66)61(48(36)65)41-10-11-43(63)55-47(41)64/h3,6,9,24-26,28,31,35,41,45,52,54H,5,8,10-23,27,29H2,1-2H3,(H,55,63,64). The van der Waals surface area contributed by atoms with Gasteiger partial charge in [0.2, 0.25) is 17.7 Å². The molecule has 0 saturated carbocycles. The zero-order valence-corrected chi connectivity index (χ0v) is 37.5. The highest BCUT2D eigenvalue weighted by Gasteiger charge is 2.45. The fourth-order valence-electron chi connectivity index (χ4n) is 10.5. The Balaban J connectivity index is 0.788. The van der Waals surface area contributed by atoms with Gasteiger partial charge >= 0.3 is 0 Å². The molecule has 7 heterocycles. The Morgan fingerprint density at radius 3 is 2.42 bits per heavy atom. The molecule has 0 radical (unpaired) electrons. The van der Waals surface area contributed by atoms with Gasteiger partial charge in [0, 0.05) is 105 Å². The number of carbonyl (C=O) groups excluding carboxylic acids is 5. The van der Waals surface area contributed by atoms with Crippen molar-refractivity contribution in [1.82, 2.24) is 40.0 Å². The topological polar surface area (TPSA) is 167 Å². The number of likely N-dealkylation sites (tertiary alicyclic amines) is 2. The van der Waals surface area contributed by atoms with Crippen molar-refractivity contribution in [3.05, 3.63) is 81.8 Å². The van der Waals surface area contributed by atoms with E-state index in [9.17, 15) is 38.2 Å². The summed E-state index contributed by atoms with van der Waals surface area (Å²) < 4.78 is 30.8. The van der Waals surface area contributed by atoms with E-state index in [1.54, 1.807) is 60.2 Å². The Bertz CT molecular complexity index is 2560. The molecule has 6 aliphatic heterocycles. The number of imide groups is 2. The van der Waals surface area contributed by atoms with Crippen molar-refractivity contribution in [3.63, 3.8) is 0 Å². The molecule has 1 unspecified atom stereocenters. The molecule has 346 valence electrons. The van der Waals surface area contributed by atoms with Gasteiger partial charge in [-0.1, -0.05) is 17.9 Å². The second-order valence-corrected chi connectivity index (χ2v) is 18.4. The predicted molar refractivity (Wildman–Crippen MR) is 243 cm³/mol. The van der Waals surface area contributed by atoms with Gasteiger partial charge in [-0.05, 0) is 99.3 Å². The molecule has 6 aliphatic rings. The number of benzene rings is 2. The Kier molecular flexibility index (Phi) is 12.9. The van der Waals surface area contributed by atoms with Gasteiger partial charge in [-0.2, -0.15) is 5.10 Å². The minimum Gasteiger partial charge on any atom is -0.385 e. The van der Waals surface area contributed by atoms with E-state index in [2.05, 4.69) is 37.4 Å². The number of alkyl halides is 2. The van der Waals surface area contributed by atoms with E-state index in [0.29, 0.717) is 67.3 Å². The number of amidine groups is 1. The first-order valence-electron chi connectivity index (χ1n) is 23.2. The molecule has 2 aromatic carbocycles. The summed E-state index contributed by atoms with van der Waals surface area (Å²) in [5, 5.41) is 19.8. The highest BCUT2D eigenvalue weighted by Crippen LogP contribution is 2.40. The van der Waals surface area contributed by atoms with E-state index >= 15 is 0 Å². The third-order valence-corrected chi connectivity index (χ3v) is 14.1. The monoisotopic (exact) mass is 902 g/mol. The Labute approximate surface area is 383 Å². The van der Waals surface area contributed by atoms with Crippen LogP contribution < -0.4 is 15.5 Å². The number of hydrogen-bond donors (Lipinski definition) is 3. The number of aryl methyl sites for hydroxylation is 2. The summed E-state index contributed by atoms with van der Waals surface area (Å²) in [6.07, 6.45) is 6.86. The highest BCUT2D eigenvalue weighted by molar-refractivity contribution is 6.24. The summed E-state index contributed by atoms with van der Waals surface area (Å²) in [6.45, 7) is 8.17. The lowest BCUT2D eigenvalue weighted by atomic mass is 9.92. The first-order valence-corrected chi connectivity index (χ1v) is 23.2. The molecule has 0 aliphatic carbocycles. The van der Waals surface area contributed by atoms with E-state index in [1.807, 2.05) is 11.0 Å². The van der Waals surface area contributed by atoms with Gasteiger partial charge in [0.25, 0.3) is 18.2 Å². The van der Waals surface area contributed by atoms with Gasteiger partial charge in [-0.15, -0.1) is 0 Å². The minimum atomic E-state index is -2.70. The lowest BCUT2D eigenvalue weighted by molar-refractivity contribution is -0.136. The molecular weight excluding hydrogens is 847 g/mol. The Hall–Kier alpha value is -6.25. The van der Waals surface area contributed by atoms with Crippen molar-refractivity contribution in [2.75, 3.05) is 63.8 Å². The molecule has 0 spiro atoms. The van der Waals surface area contributed by atoms with Crippen molar-refractivity contribution in [2.24, 2.45) is 13.0 Å². The summed E-state index contributed by atoms with van der Waals surface area (Å²) in [4.78, 5) is 72.9. The van der Waals surface area contributed by atoms with Crippen LogP contribution in [0.2, 0.25) is 0 Å². The normalized spacial score (nSPS) is 21.2. The Morgan fingerprint density at radius 1 is 0.939 bits per heavy atom. The zero-order valence-electron chi connectivity index (χ0n) is 37.5. The molecule has 15 nitrogen and oxygen atoms in total. The maximum Gasteiger partial charge on any atom is 0.264 e. The smallest absolute Gasteiger partial charge is 0.264 e. The number of piperidine rings is 3. The average Bonchev–Trinajstić information content (AvgIpc) is 3.86. The van der Waals surface area contributed by atoms with Gasteiger partial charge in [0.1, 0.15) is 11.9 Å². The number of carbonyl (C=O) groups is 5. The van der Waals surface area contributed by atoms with Crippen LogP contribution in [-0.4, -0.2) is 136 Å². The largest absolute Gasteiger partial charge is 0.385 e. The molecule has 9 rings (SSSR count). The third kappa shape index (κ3) is 9.13. The lowest BCUT2D eigenvalue weighted by Gasteiger charge is -2.40. The quantitative estimate of drug-likeness (QED) is 0.121. The first kappa shape index (κ1) is 44.9. The van der Waals surface area contributed by atoms with Crippen molar-refractivity contribution >= 4 is 41.1 Å². The fourth-order valence-corrected chi connectivity index (χ4v) is 10.5. The molecule has 1 aromatic heterocycles. The van der Waals surface area contributed by atoms with Gasteiger partial charge in [-0.25, -0.2) is 8.78 Å². The van der Waals surface area contributed by atoms with Gasteiger partial charge in [0.05, 0.1) is 30.4 Å². The molecule has 1 atom stereocenters. The van der Waals surface area contributed by atoms with Crippen LogP contribution in [0.3, 0.4) is 0 Å². The first-order chi connectivity index (χ1) is 31.8. The van der Waals surface area contributed by atoms with Crippen LogP contribution in [-0.2, 0) is 27.9 Å². The van der Waals surface area contributed by atoms with Crippen LogP contribution in [0, 0.1) is 23.2 Å². The Morgan fingerprint density at radius 2 is 1.71 bits per heavy atom. The van der Waals surface area contributed by atoms with Gasteiger partial charge in [-0.3, -0.25) is 49.2 Å². The molecule has 66 heavy (non-hydrogen) atoms. The van der Waals surface area contributed by atoms with Gasteiger partial charge < -0.3 is 20.0 Å². The molecule has 0 bridgehead atoms. The van der Waals surface area contributed by atoms with Crippen molar-refractivity contribution in [3.8, 4) is 23.0 Å². The van der Waals surface area contributed by atoms with Crippen molar-refractivity contribution in [1.29, 1.82) is 5.41 Å². The average molecular weight is 903 g/mol. The molecule has 3 aromatic rings. The van der Waals surface area contributed by atoms with E-state index < -0.39 is 36.1 Å². The number of nitrogens with zero attached hydrogens (tertiary/aromatic N) is 7. The fraction of sp³-hybridized carbons (Fsp3) is 0.490. The second kappa shape index (κ2) is 18.9. The lowest BCUT2D eigenvalue weighted by Crippen LogP contribution is -2.54. The summed E-state index contributed by atoms with van der Waals surface area (Å²) in [5.74, 6) is 4.94. The molecule has 5 amide bonds. The number of halogens is 2. The molecule has 3 N–H and O–H groups in total. The number of hydrogen-bond acceptors (Lipinski definition) is 10. The highest BCUT2D eigenvalue weighted by atomic mass is 19.3. The summed E-state index contributed by atoms with van der Waals surface area (Å²) in [5.41, 5.74) is 5.15. The van der Waals surface area contributed by atoms with Gasteiger partial charge in [0.15, 0.2) is 0 Å². The van der Waals surface area contributed by atoms with Crippen LogP contribution in [0.5, 0.6) is 0 Å². The summed E-state index contributed by atoms with van der Waals surface area (Å²) in [7, 11) is 1.76. The third-order valence-electron chi connectivity index (χ3n) is 14.1. The van der Waals surface area contributed by atoms with E-state index in [1.165, 1.54) is 0 Å². The van der Waals surface area contributed by atoms with Crippen LogP contribution >= 0.6 is 0 Å². The van der Waals surface area contributed by atoms with E-state index in [0.717, 1.165) is 86.6 Å². The minimum absolute atomic E-state index is 0.0559. The number of aromatic nitrogens is 2. The number of fused-ring (bicyclic) bond motifs is 2. The molecular formula is C49H56F2N10O5. The maximum atomic E-state index is 14.6. The van der Waals surface area contributed by atoms with Crippen molar-refractivity contribution in [2.45, 2.75) is 83.2 Å². The second-order valence-electron chi connectivity index (χ2n) is 18.4. The van der Waals surface area contributed by atoms with Crippen LogP contribution in [0.1, 0.15) is 102 Å². The maximum absolute atomic E-state index is 14.6. The van der Waals surface area contributed by atoms with Crippen molar-refractivity contribution < 1.29 is 32.8 Å². The van der Waals surface area contributed by atoms with Crippen LogP contribution in [0.15, 0.2) is 54.0 Å². The summed E-state index contributed by atoms with van der Waals surface area (Å²) in [6, 6.07) is 7.57.